The van der Waals surface area contributed by atoms with Gasteiger partial charge in [0.1, 0.15) is 6.54 Å². The van der Waals surface area contributed by atoms with Crippen LogP contribution in [-0.2, 0) is 20.8 Å². The van der Waals surface area contributed by atoms with Crippen molar-refractivity contribution in [1.82, 2.24) is 9.47 Å². The first-order chi connectivity index (χ1) is 12.1. The van der Waals surface area contributed by atoms with Crippen molar-refractivity contribution in [3.63, 3.8) is 0 Å². The van der Waals surface area contributed by atoms with Crippen LogP contribution >= 0.6 is 0 Å². The number of nitrogens with zero attached hydrogens (tertiary/aromatic N) is 2. The summed E-state index contributed by atoms with van der Waals surface area (Å²) in [6, 6.07) is 8.26. The molecule has 2 aromatic rings. The molecule has 1 aromatic heterocycles. The molecule has 0 bridgehead atoms. The molecule has 0 N–H and O–H groups in total. The van der Waals surface area contributed by atoms with Crippen LogP contribution in [0, 0.1) is 6.92 Å². The molecule has 1 aromatic carbocycles. The number of morpholine rings is 1. The number of hydrogen-bond donors (Lipinski definition) is 0. The van der Waals surface area contributed by atoms with Crippen molar-refractivity contribution in [1.29, 1.82) is 0 Å². The Kier molecular flexibility index (Phi) is 4.29. The number of fused-ring (bicyclic) bond motifs is 1. The minimum atomic E-state index is -0.222. The summed E-state index contributed by atoms with van der Waals surface area (Å²) in [7, 11) is 0. The molecule has 0 unspecified atom stereocenters. The van der Waals surface area contributed by atoms with Gasteiger partial charge in [-0.25, -0.2) is 0 Å². The van der Waals surface area contributed by atoms with Gasteiger partial charge in [0, 0.05) is 49.7 Å². The van der Waals surface area contributed by atoms with Crippen molar-refractivity contribution < 1.29 is 14.3 Å². The number of aryl methyl sites for hydroxylation is 1. The van der Waals surface area contributed by atoms with Crippen LogP contribution in [-0.4, -0.2) is 53.4 Å². The van der Waals surface area contributed by atoms with Crippen molar-refractivity contribution in [2.24, 2.45) is 0 Å². The molecule has 2 fully saturated rings. The molecule has 2 aliphatic heterocycles. The number of rotatable bonds is 2. The van der Waals surface area contributed by atoms with Gasteiger partial charge < -0.3 is 18.9 Å². The molecular formula is C20H26N2O3. The van der Waals surface area contributed by atoms with Gasteiger partial charge in [-0.05, 0) is 25.5 Å². The lowest BCUT2D eigenvalue weighted by molar-refractivity contribution is -0.189. The predicted octanol–water partition coefficient (Wildman–Crippen LogP) is 2.75. The molecule has 5 nitrogen and oxygen atoms in total. The number of ether oxygens (including phenoxy) is 2. The Balaban J connectivity index is 1.53. The summed E-state index contributed by atoms with van der Waals surface area (Å²) in [5.74, 6) is 0.168. The fourth-order valence-corrected chi connectivity index (χ4v) is 4.24. The van der Waals surface area contributed by atoms with Crippen LogP contribution in [0.15, 0.2) is 30.5 Å². The van der Waals surface area contributed by atoms with Crippen molar-refractivity contribution in [3.05, 3.63) is 36.0 Å². The minimum Gasteiger partial charge on any atom is -0.381 e. The maximum atomic E-state index is 13.0. The van der Waals surface area contributed by atoms with E-state index >= 15 is 0 Å². The molecule has 25 heavy (non-hydrogen) atoms. The molecule has 1 amide bonds. The van der Waals surface area contributed by atoms with E-state index in [0.717, 1.165) is 31.6 Å². The molecule has 0 radical (unpaired) electrons. The zero-order chi connectivity index (χ0) is 17.4. The predicted molar refractivity (Wildman–Crippen MR) is 96.6 cm³/mol. The highest BCUT2D eigenvalue weighted by molar-refractivity contribution is 5.86. The standard InChI is InChI=1S/C20H26N2O3/c1-15-11-21(18-6-4-3-5-17(15)18)13-19(23)22-12-16(2)25-20(14-22)7-9-24-10-8-20/h3-6,11,16H,7-10,12-14H2,1-2H3/t16-/m1/s1. The quantitative estimate of drug-likeness (QED) is 0.843. The average molecular weight is 342 g/mol. The molecular weight excluding hydrogens is 316 g/mol. The van der Waals surface area contributed by atoms with Crippen LogP contribution in [0.1, 0.15) is 25.3 Å². The summed E-state index contributed by atoms with van der Waals surface area (Å²) in [5.41, 5.74) is 2.11. The van der Waals surface area contributed by atoms with E-state index in [1.807, 2.05) is 17.0 Å². The van der Waals surface area contributed by atoms with Gasteiger partial charge >= 0.3 is 0 Å². The number of aromatic nitrogens is 1. The maximum Gasteiger partial charge on any atom is 0.242 e. The fourth-order valence-electron chi connectivity index (χ4n) is 4.24. The van der Waals surface area contributed by atoms with Gasteiger partial charge in [-0.3, -0.25) is 4.79 Å². The molecule has 0 aliphatic carbocycles. The number of benzene rings is 1. The normalized spacial score (nSPS) is 23.3. The average Bonchev–Trinajstić information content (AvgIpc) is 2.91. The van der Waals surface area contributed by atoms with E-state index in [1.54, 1.807) is 0 Å². The number of carbonyl (C=O) groups is 1. The number of para-hydroxylation sites is 1. The highest BCUT2D eigenvalue weighted by Gasteiger charge is 2.42. The molecule has 2 saturated heterocycles. The van der Waals surface area contributed by atoms with Crippen LogP contribution in [0.2, 0.25) is 0 Å². The summed E-state index contributed by atoms with van der Waals surface area (Å²) in [6.45, 7) is 7.32. The van der Waals surface area contributed by atoms with E-state index in [-0.39, 0.29) is 17.6 Å². The number of hydrogen-bond acceptors (Lipinski definition) is 3. The molecule has 4 rings (SSSR count). The third-order valence-corrected chi connectivity index (χ3v) is 5.46. The Labute approximate surface area is 148 Å². The van der Waals surface area contributed by atoms with E-state index in [9.17, 15) is 4.79 Å². The minimum absolute atomic E-state index is 0.0685. The van der Waals surface area contributed by atoms with Gasteiger partial charge in [0.15, 0.2) is 0 Å². The molecule has 1 atom stereocenters. The number of amides is 1. The third-order valence-electron chi connectivity index (χ3n) is 5.46. The summed E-state index contributed by atoms with van der Waals surface area (Å²) in [4.78, 5) is 15.0. The van der Waals surface area contributed by atoms with E-state index in [0.29, 0.717) is 19.6 Å². The van der Waals surface area contributed by atoms with Crippen LogP contribution in [0.25, 0.3) is 10.9 Å². The monoisotopic (exact) mass is 342 g/mol. The van der Waals surface area contributed by atoms with Crippen molar-refractivity contribution in [2.45, 2.75) is 44.9 Å². The zero-order valence-corrected chi connectivity index (χ0v) is 15.0. The lowest BCUT2D eigenvalue weighted by atomic mass is 9.91. The van der Waals surface area contributed by atoms with Crippen LogP contribution < -0.4 is 0 Å². The Bertz CT molecular complexity index is 776. The topological polar surface area (TPSA) is 43.7 Å². The smallest absolute Gasteiger partial charge is 0.242 e. The maximum absolute atomic E-state index is 13.0. The molecule has 2 aliphatic rings. The summed E-state index contributed by atoms with van der Waals surface area (Å²) < 4.78 is 13.8. The molecule has 134 valence electrons. The van der Waals surface area contributed by atoms with E-state index < -0.39 is 0 Å². The summed E-state index contributed by atoms with van der Waals surface area (Å²) in [5, 5.41) is 1.21. The lowest BCUT2D eigenvalue weighted by Crippen LogP contribution is -2.58. The summed E-state index contributed by atoms with van der Waals surface area (Å²) >= 11 is 0. The van der Waals surface area contributed by atoms with Gasteiger partial charge in [-0.15, -0.1) is 0 Å². The van der Waals surface area contributed by atoms with Gasteiger partial charge in [-0.2, -0.15) is 0 Å². The summed E-state index contributed by atoms with van der Waals surface area (Å²) in [6.07, 6.45) is 3.88. The van der Waals surface area contributed by atoms with E-state index in [2.05, 4.69) is 36.7 Å². The van der Waals surface area contributed by atoms with Gasteiger partial charge in [0.05, 0.1) is 18.2 Å². The molecule has 1 spiro atoms. The molecule has 5 heteroatoms. The Hall–Kier alpha value is -1.85. The Morgan fingerprint density at radius 2 is 2.04 bits per heavy atom. The lowest BCUT2D eigenvalue weighted by Gasteiger charge is -2.47. The first-order valence-electron chi connectivity index (χ1n) is 9.14. The van der Waals surface area contributed by atoms with Crippen molar-refractivity contribution in [2.75, 3.05) is 26.3 Å². The SMILES string of the molecule is Cc1cn(CC(=O)N2C[C@@H](C)OC3(CCOCC3)C2)c2ccccc12. The van der Waals surface area contributed by atoms with Gasteiger partial charge in [-0.1, -0.05) is 18.2 Å². The van der Waals surface area contributed by atoms with Gasteiger partial charge in [0.2, 0.25) is 5.91 Å². The molecule has 0 saturated carbocycles. The zero-order valence-electron chi connectivity index (χ0n) is 15.0. The van der Waals surface area contributed by atoms with Crippen LogP contribution in [0.5, 0.6) is 0 Å². The van der Waals surface area contributed by atoms with Crippen molar-refractivity contribution >= 4 is 16.8 Å². The Morgan fingerprint density at radius 1 is 1.28 bits per heavy atom. The Morgan fingerprint density at radius 3 is 2.84 bits per heavy atom. The van der Waals surface area contributed by atoms with Crippen LogP contribution in [0.4, 0.5) is 0 Å². The second kappa shape index (κ2) is 6.46. The highest BCUT2D eigenvalue weighted by atomic mass is 16.5. The third kappa shape index (κ3) is 3.18. The van der Waals surface area contributed by atoms with Crippen LogP contribution in [0.3, 0.4) is 0 Å². The fraction of sp³-hybridized carbons (Fsp3) is 0.550. The highest BCUT2D eigenvalue weighted by Crippen LogP contribution is 2.31. The largest absolute Gasteiger partial charge is 0.381 e. The first-order valence-corrected chi connectivity index (χ1v) is 9.14. The second-order valence-electron chi connectivity index (χ2n) is 7.46. The number of carbonyl (C=O) groups excluding carboxylic acids is 1. The van der Waals surface area contributed by atoms with E-state index in [1.165, 1.54) is 10.9 Å². The second-order valence-corrected chi connectivity index (χ2v) is 7.46. The molecule has 3 heterocycles. The van der Waals surface area contributed by atoms with E-state index in [4.69, 9.17) is 9.47 Å². The first kappa shape index (κ1) is 16.6. The van der Waals surface area contributed by atoms with Gasteiger partial charge in [0.25, 0.3) is 0 Å². The van der Waals surface area contributed by atoms with Crippen molar-refractivity contribution in [3.8, 4) is 0 Å².